The smallest absolute Gasteiger partial charge is 0.279 e. The van der Waals surface area contributed by atoms with Gasteiger partial charge in [-0.1, -0.05) is 47.7 Å². The summed E-state index contributed by atoms with van der Waals surface area (Å²) < 4.78 is 3.19. The maximum absolute atomic E-state index is 12.8. The predicted molar refractivity (Wildman–Crippen MR) is 111 cm³/mol. The molecule has 0 atom stereocenters. The number of aromatic nitrogens is 1. The largest absolute Gasteiger partial charge is 0.319 e. The highest BCUT2D eigenvalue weighted by atomic mass is 32.1. The Balaban J connectivity index is 1.62. The molecule has 27 heavy (non-hydrogen) atoms. The van der Waals surface area contributed by atoms with Gasteiger partial charge in [-0.2, -0.15) is 4.99 Å². The third-order valence-electron chi connectivity index (χ3n) is 5.48. The highest BCUT2D eigenvalue weighted by Gasteiger charge is 2.13. The summed E-state index contributed by atoms with van der Waals surface area (Å²) in [6, 6.07) is 18.7. The first kappa shape index (κ1) is 16.5. The number of fused-ring (bicyclic) bond motifs is 4. The van der Waals surface area contributed by atoms with Gasteiger partial charge < -0.3 is 4.57 Å². The summed E-state index contributed by atoms with van der Waals surface area (Å²) in [6.45, 7) is 0. The molecule has 0 bridgehead atoms. The van der Waals surface area contributed by atoms with Crippen LogP contribution in [0.2, 0.25) is 0 Å². The van der Waals surface area contributed by atoms with Crippen LogP contribution in [-0.2, 0) is 19.9 Å². The van der Waals surface area contributed by atoms with Crippen LogP contribution in [0, 0.1) is 0 Å². The highest BCUT2D eigenvalue weighted by Crippen LogP contribution is 2.26. The molecule has 0 unspecified atom stereocenters. The first-order chi connectivity index (χ1) is 13.2. The Hall–Kier alpha value is -2.72. The van der Waals surface area contributed by atoms with E-state index in [1.165, 1.54) is 34.7 Å². The Kier molecular flexibility index (Phi) is 3.94. The molecule has 4 heteroatoms. The third-order valence-corrected chi connectivity index (χ3v) is 6.58. The van der Waals surface area contributed by atoms with Gasteiger partial charge in [0.05, 0.1) is 10.2 Å². The van der Waals surface area contributed by atoms with E-state index in [0.717, 1.165) is 27.9 Å². The van der Waals surface area contributed by atoms with Crippen molar-refractivity contribution in [1.82, 2.24) is 4.57 Å². The van der Waals surface area contributed by atoms with Gasteiger partial charge in [0.15, 0.2) is 4.80 Å². The van der Waals surface area contributed by atoms with Crippen LogP contribution < -0.4 is 4.80 Å². The zero-order valence-corrected chi connectivity index (χ0v) is 16.1. The van der Waals surface area contributed by atoms with Crippen LogP contribution >= 0.6 is 11.3 Å². The van der Waals surface area contributed by atoms with Crippen molar-refractivity contribution in [2.75, 3.05) is 0 Å². The summed E-state index contributed by atoms with van der Waals surface area (Å²) >= 11 is 1.57. The number of hydrogen-bond acceptors (Lipinski definition) is 2. The second kappa shape index (κ2) is 6.46. The topological polar surface area (TPSA) is 34.4 Å². The van der Waals surface area contributed by atoms with Crippen LogP contribution in [0.3, 0.4) is 0 Å². The number of benzene rings is 3. The molecule has 1 amide bonds. The minimum absolute atomic E-state index is 0.158. The Morgan fingerprint density at radius 2 is 1.81 bits per heavy atom. The SMILES string of the molecule is Cn1c(=NC(=O)c2ccc3c(c2)CCCC3)sc2ccc3ccccc3c21. The standard InChI is InChI=1S/C23H20N2OS/c1-25-21-19-9-5-4-7-16(19)12-13-20(21)27-23(25)24-22(26)18-11-10-15-6-2-3-8-17(15)14-18/h4-5,7,9-14H,2-3,6,8H2,1H3. The maximum Gasteiger partial charge on any atom is 0.279 e. The molecule has 1 aliphatic rings. The molecule has 5 rings (SSSR count). The molecule has 134 valence electrons. The molecule has 0 spiro atoms. The average molecular weight is 372 g/mol. The van der Waals surface area contributed by atoms with Gasteiger partial charge in [-0.3, -0.25) is 4.79 Å². The van der Waals surface area contributed by atoms with Gasteiger partial charge in [0.2, 0.25) is 0 Å². The molecule has 0 saturated heterocycles. The predicted octanol–water partition coefficient (Wildman–Crippen LogP) is 5.01. The van der Waals surface area contributed by atoms with Crippen molar-refractivity contribution in [2.45, 2.75) is 25.7 Å². The van der Waals surface area contributed by atoms with Crippen LogP contribution in [0.15, 0.2) is 59.6 Å². The number of rotatable bonds is 1. The van der Waals surface area contributed by atoms with Crippen LogP contribution in [0.4, 0.5) is 0 Å². The minimum atomic E-state index is -0.158. The lowest BCUT2D eigenvalue weighted by molar-refractivity contribution is 0.0998. The van der Waals surface area contributed by atoms with E-state index >= 15 is 0 Å². The van der Waals surface area contributed by atoms with Gasteiger partial charge >= 0.3 is 0 Å². The van der Waals surface area contributed by atoms with E-state index in [9.17, 15) is 4.79 Å². The maximum atomic E-state index is 12.8. The molecule has 0 aliphatic heterocycles. The average Bonchev–Trinajstić information content (AvgIpc) is 3.03. The van der Waals surface area contributed by atoms with Gasteiger partial charge in [0, 0.05) is 18.0 Å². The van der Waals surface area contributed by atoms with E-state index in [2.05, 4.69) is 41.4 Å². The molecule has 1 heterocycles. The van der Waals surface area contributed by atoms with Crippen LogP contribution in [0.1, 0.15) is 34.3 Å². The Morgan fingerprint density at radius 3 is 2.70 bits per heavy atom. The fraction of sp³-hybridized carbons (Fsp3) is 0.217. The first-order valence-corrected chi connectivity index (χ1v) is 10.2. The monoisotopic (exact) mass is 372 g/mol. The van der Waals surface area contributed by atoms with Gasteiger partial charge in [-0.15, -0.1) is 0 Å². The van der Waals surface area contributed by atoms with E-state index in [-0.39, 0.29) is 5.91 Å². The van der Waals surface area contributed by atoms with Crippen molar-refractivity contribution in [3.8, 4) is 0 Å². The second-order valence-corrected chi connectivity index (χ2v) is 8.19. The summed E-state index contributed by atoms with van der Waals surface area (Å²) in [4.78, 5) is 18.0. The van der Waals surface area contributed by atoms with Crippen molar-refractivity contribution in [3.05, 3.63) is 76.1 Å². The molecule has 0 saturated carbocycles. The van der Waals surface area contributed by atoms with Crippen molar-refractivity contribution in [3.63, 3.8) is 0 Å². The van der Waals surface area contributed by atoms with Crippen LogP contribution in [0.5, 0.6) is 0 Å². The van der Waals surface area contributed by atoms with Gasteiger partial charge in [0.25, 0.3) is 5.91 Å². The van der Waals surface area contributed by atoms with E-state index in [1.54, 1.807) is 11.3 Å². The number of aryl methyl sites for hydroxylation is 3. The van der Waals surface area contributed by atoms with Gasteiger partial charge in [0.1, 0.15) is 0 Å². The Morgan fingerprint density at radius 1 is 1.00 bits per heavy atom. The Bertz CT molecular complexity index is 1260. The zero-order valence-electron chi connectivity index (χ0n) is 15.2. The lowest BCUT2D eigenvalue weighted by Crippen LogP contribution is -2.14. The molecule has 4 aromatic rings. The van der Waals surface area contributed by atoms with Gasteiger partial charge in [-0.25, -0.2) is 0 Å². The van der Waals surface area contributed by atoms with E-state index in [4.69, 9.17) is 0 Å². The van der Waals surface area contributed by atoms with Crippen molar-refractivity contribution in [1.29, 1.82) is 0 Å². The van der Waals surface area contributed by atoms with Crippen molar-refractivity contribution < 1.29 is 4.79 Å². The fourth-order valence-corrected chi connectivity index (χ4v) is 5.07. The third kappa shape index (κ3) is 2.81. The zero-order chi connectivity index (χ0) is 18.4. The molecule has 0 fully saturated rings. The molecule has 3 aromatic carbocycles. The quantitative estimate of drug-likeness (QED) is 0.462. The van der Waals surface area contributed by atoms with Crippen molar-refractivity contribution in [2.24, 2.45) is 12.0 Å². The number of nitrogens with zero attached hydrogens (tertiary/aromatic N) is 2. The van der Waals surface area contributed by atoms with Crippen LogP contribution in [-0.4, -0.2) is 10.5 Å². The normalized spacial score (nSPS) is 14.6. The summed E-state index contributed by atoms with van der Waals surface area (Å²) in [5, 5.41) is 2.39. The highest BCUT2D eigenvalue weighted by molar-refractivity contribution is 7.16. The number of hydrogen-bond donors (Lipinski definition) is 0. The number of amides is 1. The molecule has 1 aromatic heterocycles. The number of carbonyl (C=O) groups is 1. The number of thiazole rings is 1. The second-order valence-electron chi connectivity index (χ2n) is 7.18. The Labute approximate surface area is 161 Å². The summed E-state index contributed by atoms with van der Waals surface area (Å²) in [6.07, 6.45) is 4.65. The summed E-state index contributed by atoms with van der Waals surface area (Å²) in [5.74, 6) is -0.158. The molecular formula is C23H20N2OS. The van der Waals surface area contributed by atoms with Crippen LogP contribution in [0.25, 0.3) is 21.0 Å². The summed E-state index contributed by atoms with van der Waals surface area (Å²) in [7, 11) is 1.99. The molecule has 1 aliphatic carbocycles. The fourth-order valence-electron chi connectivity index (χ4n) is 4.04. The van der Waals surface area contributed by atoms with E-state index in [0.29, 0.717) is 5.56 Å². The molecule has 0 N–H and O–H groups in total. The molecular weight excluding hydrogens is 352 g/mol. The lowest BCUT2D eigenvalue weighted by Gasteiger charge is -2.15. The van der Waals surface area contributed by atoms with E-state index in [1.807, 2.05) is 29.8 Å². The summed E-state index contributed by atoms with van der Waals surface area (Å²) in [5.41, 5.74) is 4.53. The van der Waals surface area contributed by atoms with Gasteiger partial charge in [-0.05, 0) is 60.4 Å². The molecule has 3 nitrogen and oxygen atoms in total. The lowest BCUT2D eigenvalue weighted by atomic mass is 9.90. The first-order valence-electron chi connectivity index (χ1n) is 9.39. The van der Waals surface area contributed by atoms with Crippen molar-refractivity contribution >= 4 is 38.2 Å². The molecule has 0 radical (unpaired) electrons. The minimum Gasteiger partial charge on any atom is -0.319 e. The number of carbonyl (C=O) groups excluding carboxylic acids is 1. The van der Waals surface area contributed by atoms with E-state index < -0.39 is 0 Å².